The topological polar surface area (TPSA) is 62.4 Å². The number of hydrogen-bond acceptors (Lipinski definition) is 3. The first-order valence-corrected chi connectivity index (χ1v) is 9.45. The molecule has 3 N–H and O–H groups in total. The SMILES string of the molecule is Cc1cc(Cl)cc(C)c1O[C@H](C)C(=O)NNC(=S)NC1CCCCC1. The molecule has 1 aromatic carbocycles. The van der Waals surface area contributed by atoms with Crippen molar-refractivity contribution in [1.82, 2.24) is 16.2 Å². The Kier molecular flexibility index (Phi) is 7.32. The van der Waals surface area contributed by atoms with Crippen molar-refractivity contribution in [2.24, 2.45) is 0 Å². The molecule has 1 saturated carbocycles. The summed E-state index contributed by atoms with van der Waals surface area (Å²) in [7, 11) is 0. The first-order valence-electron chi connectivity index (χ1n) is 8.66. The van der Waals surface area contributed by atoms with Crippen molar-refractivity contribution in [3.63, 3.8) is 0 Å². The molecule has 1 aromatic rings. The van der Waals surface area contributed by atoms with Crippen LogP contribution >= 0.6 is 23.8 Å². The average molecular weight is 384 g/mol. The molecule has 0 bridgehead atoms. The minimum absolute atomic E-state index is 0.290. The fourth-order valence-electron chi connectivity index (χ4n) is 3.00. The maximum Gasteiger partial charge on any atom is 0.279 e. The van der Waals surface area contributed by atoms with E-state index in [9.17, 15) is 4.79 Å². The number of hydrazine groups is 1. The number of hydrogen-bond donors (Lipinski definition) is 3. The van der Waals surface area contributed by atoms with Gasteiger partial charge in [0.25, 0.3) is 5.91 Å². The van der Waals surface area contributed by atoms with E-state index in [0.29, 0.717) is 21.9 Å². The lowest BCUT2D eigenvalue weighted by atomic mass is 9.96. The van der Waals surface area contributed by atoms with Gasteiger partial charge in [-0.25, -0.2) is 0 Å². The van der Waals surface area contributed by atoms with Crippen molar-refractivity contribution in [2.75, 3.05) is 0 Å². The van der Waals surface area contributed by atoms with Crippen molar-refractivity contribution in [3.05, 3.63) is 28.3 Å². The van der Waals surface area contributed by atoms with Crippen LogP contribution in [0.15, 0.2) is 12.1 Å². The quantitative estimate of drug-likeness (QED) is 0.548. The number of amides is 1. The summed E-state index contributed by atoms with van der Waals surface area (Å²) in [4.78, 5) is 12.2. The number of nitrogens with one attached hydrogen (secondary N) is 3. The van der Waals surface area contributed by atoms with E-state index in [1.54, 1.807) is 6.92 Å². The second kappa shape index (κ2) is 9.25. The van der Waals surface area contributed by atoms with Crippen molar-refractivity contribution < 1.29 is 9.53 Å². The normalized spacial score (nSPS) is 16.0. The number of ether oxygens (including phenoxy) is 1. The fourth-order valence-corrected chi connectivity index (χ4v) is 3.55. The number of benzene rings is 1. The molecule has 1 amide bonds. The van der Waals surface area contributed by atoms with Crippen molar-refractivity contribution in [1.29, 1.82) is 0 Å². The number of carbonyl (C=O) groups is 1. The van der Waals surface area contributed by atoms with Gasteiger partial charge in [0.1, 0.15) is 5.75 Å². The summed E-state index contributed by atoms with van der Waals surface area (Å²) in [5.74, 6) is 0.386. The van der Waals surface area contributed by atoms with E-state index in [4.69, 9.17) is 28.6 Å². The molecule has 0 aromatic heterocycles. The zero-order chi connectivity index (χ0) is 18.4. The van der Waals surface area contributed by atoms with Crippen LogP contribution in [0.2, 0.25) is 5.02 Å². The Hall–Kier alpha value is -1.53. The first-order chi connectivity index (χ1) is 11.9. The molecule has 1 aliphatic carbocycles. The second-order valence-electron chi connectivity index (χ2n) is 6.55. The van der Waals surface area contributed by atoms with Gasteiger partial charge >= 0.3 is 0 Å². The monoisotopic (exact) mass is 383 g/mol. The van der Waals surface area contributed by atoms with Crippen LogP contribution in [0, 0.1) is 13.8 Å². The van der Waals surface area contributed by atoms with Crippen LogP contribution < -0.4 is 20.9 Å². The molecule has 7 heteroatoms. The first kappa shape index (κ1) is 19.8. The summed E-state index contributed by atoms with van der Waals surface area (Å²) < 4.78 is 5.80. The predicted molar refractivity (Wildman–Crippen MR) is 105 cm³/mol. The van der Waals surface area contributed by atoms with Crippen LogP contribution in [0.3, 0.4) is 0 Å². The molecule has 0 aliphatic heterocycles. The number of carbonyl (C=O) groups excluding carboxylic acids is 1. The summed E-state index contributed by atoms with van der Waals surface area (Å²) in [6.07, 6.45) is 5.29. The van der Waals surface area contributed by atoms with Crippen LogP contribution in [0.25, 0.3) is 0 Å². The molecule has 0 saturated heterocycles. The maximum absolute atomic E-state index is 12.2. The zero-order valence-corrected chi connectivity index (χ0v) is 16.5. The number of halogens is 1. The Morgan fingerprint density at radius 2 is 1.80 bits per heavy atom. The van der Waals surface area contributed by atoms with Gasteiger partial charge in [-0.15, -0.1) is 0 Å². The molecule has 2 rings (SSSR count). The molecule has 1 aliphatic rings. The van der Waals surface area contributed by atoms with Crippen LogP contribution in [0.5, 0.6) is 5.75 Å². The lowest BCUT2D eigenvalue weighted by Gasteiger charge is -2.25. The third-order valence-corrected chi connectivity index (χ3v) is 4.77. The lowest BCUT2D eigenvalue weighted by Crippen LogP contribution is -2.52. The molecule has 0 spiro atoms. The lowest BCUT2D eigenvalue weighted by molar-refractivity contribution is -0.127. The summed E-state index contributed by atoms with van der Waals surface area (Å²) in [5.41, 5.74) is 7.14. The number of rotatable bonds is 4. The highest BCUT2D eigenvalue weighted by molar-refractivity contribution is 7.80. The number of aryl methyl sites for hydroxylation is 2. The standard InChI is InChI=1S/C18H26ClN3O2S/c1-11-9-14(19)10-12(2)16(11)24-13(3)17(23)21-22-18(25)20-15-7-5-4-6-8-15/h9-10,13,15H,4-8H2,1-3H3,(H,21,23)(H2,20,22,25)/t13-/m1/s1. The highest BCUT2D eigenvalue weighted by atomic mass is 35.5. The molecule has 0 unspecified atom stereocenters. The van der Waals surface area contributed by atoms with Gasteiger partial charge < -0.3 is 10.1 Å². The van der Waals surface area contributed by atoms with Crippen LogP contribution in [0.4, 0.5) is 0 Å². The minimum Gasteiger partial charge on any atom is -0.480 e. The van der Waals surface area contributed by atoms with E-state index >= 15 is 0 Å². The third-order valence-electron chi connectivity index (χ3n) is 4.33. The Morgan fingerprint density at radius 3 is 2.40 bits per heavy atom. The summed E-state index contributed by atoms with van der Waals surface area (Å²) in [5, 5.41) is 4.33. The van der Waals surface area contributed by atoms with E-state index in [-0.39, 0.29) is 5.91 Å². The highest BCUT2D eigenvalue weighted by Gasteiger charge is 2.18. The Balaban J connectivity index is 1.81. The fraction of sp³-hybridized carbons (Fsp3) is 0.556. The van der Waals surface area contributed by atoms with E-state index in [0.717, 1.165) is 24.0 Å². The largest absolute Gasteiger partial charge is 0.480 e. The molecular weight excluding hydrogens is 358 g/mol. The Labute approximate surface area is 159 Å². The van der Waals surface area contributed by atoms with Crippen molar-refractivity contribution >= 4 is 34.8 Å². The highest BCUT2D eigenvalue weighted by Crippen LogP contribution is 2.27. The average Bonchev–Trinajstić information content (AvgIpc) is 2.56. The third kappa shape index (κ3) is 6.04. The molecule has 25 heavy (non-hydrogen) atoms. The smallest absolute Gasteiger partial charge is 0.279 e. The second-order valence-corrected chi connectivity index (χ2v) is 7.40. The van der Waals surface area contributed by atoms with E-state index in [2.05, 4.69) is 16.2 Å². The molecule has 1 atom stereocenters. The van der Waals surface area contributed by atoms with Gasteiger partial charge in [-0.3, -0.25) is 15.6 Å². The van der Waals surface area contributed by atoms with Crippen LogP contribution in [-0.2, 0) is 4.79 Å². The maximum atomic E-state index is 12.2. The van der Waals surface area contributed by atoms with Gasteiger partial charge in [-0.05, 0) is 69.1 Å². The van der Waals surface area contributed by atoms with Gasteiger partial charge in [-0.1, -0.05) is 30.9 Å². The molecular formula is C18H26ClN3O2S. The van der Waals surface area contributed by atoms with E-state index < -0.39 is 6.10 Å². The van der Waals surface area contributed by atoms with E-state index in [1.165, 1.54) is 19.3 Å². The van der Waals surface area contributed by atoms with E-state index in [1.807, 2.05) is 26.0 Å². The molecule has 0 heterocycles. The van der Waals surface area contributed by atoms with Crippen molar-refractivity contribution in [3.8, 4) is 5.75 Å². The van der Waals surface area contributed by atoms with Gasteiger partial charge in [-0.2, -0.15) is 0 Å². The van der Waals surface area contributed by atoms with Gasteiger partial charge in [0.15, 0.2) is 11.2 Å². The summed E-state index contributed by atoms with van der Waals surface area (Å²) in [6, 6.07) is 4.02. The molecule has 1 fully saturated rings. The summed E-state index contributed by atoms with van der Waals surface area (Å²) >= 11 is 11.3. The summed E-state index contributed by atoms with van der Waals surface area (Å²) in [6.45, 7) is 5.50. The minimum atomic E-state index is -0.663. The van der Waals surface area contributed by atoms with Crippen molar-refractivity contribution in [2.45, 2.75) is 65.0 Å². The number of thiocarbonyl (C=S) groups is 1. The molecule has 138 valence electrons. The molecule has 0 radical (unpaired) electrons. The van der Waals surface area contributed by atoms with Gasteiger partial charge in [0.05, 0.1) is 0 Å². The predicted octanol–water partition coefficient (Wildman–Crippen LogP) is 3.55. The van der Waals surface area contributed by atoms with Gasteiger partial charge in [0.2, 0.25) is 0 Å². The Bertz CT molecular complexity index is 610. The van der Waals surface area contributed by atoms with Crippen LogP contribution in [-0.4, -0.2) is 23.2 Å². The molecule has 5 nitrogen and oxygen atoms in total. The van der Waals surface area contributed by atoms with Gasteiger partial charge in [0, 0.05) is 11.1 Å². The van der Waals surface area contributed by atoms with Crippen LogP contribution in [0.1, 0.15) is 50.2 Å². The zero-order valence-electron chi connectivity index (χ0n) is 14.9. The Morgan fingerprint density at radius 1 is 1.20 bits per heavy atom.